The number of nitrogens with zero attached hydrogens (tertiary/aromatic N) is 1. The second-order valence-corrected chi connectivity index (χ2v) is 6.17. The van der Waals surface area contributed by atoms with Crippen LogP contribution in [-0.4, -0.2) is 35.0 Å². The predicted molar refractivity (Wildman–Crippen MR) is 87.9 cm³/mol. The third kappa shape index (κ3) is 3.95. The summed E-state index contributed by atoms with van der Waals surface area (Å²) in [4.78, 5) is 43.3. The first-order valence-corrected chi connectivity index (χ1v) is 8.19. The molecule has 0 fully saturated rings. The van der Waals surface area contributed by atoms with Crippen molar-refractivity contribution in [2.45, 2.75) is 33.6 Å². The molecule has 2 aromatic heterocycles. The number of ether oxygens (including phenoxy) is 1. The quantitative estimate of drug-likeness (QED) is 0.617. The van der Waals surface area contributed by atoms with E-state index in [1.165, 1.54) is 0 Å². The van der Waals surface area contributed by atoms with Crippen LogP contribution in [0.25, 0.3) is 10.2 Å². The molecule has 23 heavy (non-hydrogen) atoms. The van der Waals surface area contributed by atoms with E-state index in [1.807, 2.05) is 6.92 Å². The van der Waals surface area contributed by atoms with Crippen LogP contribution in [0.2, 0.25) is 0 Å². The Kier molecular flexibility index (Phi) is 5.49. The minimum Gasteiger partial charge on any atom is -0.451 e. The number of rotatable bonds is 6. The number of aromatic nitrogens is 2. The Morgan fingerprint density at radius 3 is 2.78 bits per heavy atom. The fourth-order valence-electron chi connectivity index (χ4n) is 2.10. The zero-order valence-electron chi connectivity index (χ0n) is 13.3. The summed E-state index contributed by atoms with van der Waals surface area (Å²) in [5.74, 6) is -0.468. The van der Waals surface area contributed by atoms with E-state index < -0.39 is 5.97 Å². The molecule has 8 heteroatoms. The van der Waals surface area contributed by atoms with Gasteiger partial charge in [0.15, 0.2) is 6.61 Å². The van der Waals surface area contributed by atoms with Gasteiger partial charge in [-0.05, 0) is 25.8 Å². The minimum atomic E-state index is -0.617. The number of carbonyl (C=O) groups excluding carboxylic acids is 2. The van der Waals surface area contributed by atoms with E-state index in [1.54, 1.807) is 13.8 Å². The SMILES string of the molecule is CCCCNC(=O)COC(=O)c1sc2nc(C)[nH]c(=O)c2c1C. The maximum absolute atomic E-state index is 12.1. The molecular formula is C15H19N3O4S. The zero-order chi connectivity index (χ0) is 17.0. The number of nitrogens with one attached hydrogen (secondary N) is 2. The molecule has 0 aliphatic rings. The summed E-state index contributed by atoms with van der Waals surface area (Å²) in [5, 5.41) is 3.06. The van der Waals surface area contributed by atoms with Crippen LogP contribution < -0.4 is 10.9 Å². The van der Waals surface area contributed by atoms with E-state index in [0.29, 0.717) is 33.0 Å². The topological polar surface area (TPSA) is 101 Å². The van der Waals surface area contributed by atoms with Gasteiger partial charge < -0.3 is 15.0 Å². The third-order valence-electron chi connectivity index (χ3n) is 3.29. The summed E-state index contributed by atoms with van der Waals surface area (Å²) in [6.45, 7) is 5.60. The molecule has 0 aliphatic heterocycles. The fraction of sp³-hybridized carbons (Fsp3) is 0.467. The summed E-state index contributed by atoms with van der Waals surface area (Å²) in [7, 11) is 0. The van der Waals surface area contributed by atoms with Crippen molar-refractivity contribution < 1.29 is 14.3 Å². The second kappa shape index (κ2) is 7.36. The lowest BCUT2D eigenvalue weighted by molar-refractivity contribution is -0.124. The van der Waals surface area contributed by atoms with Gasteiger partial charge in [0.1, 0.15) is 15.5 Å². The summed E-state index contributed by atoms with van der Waals surface area (Å²) in [5.41, 5.74) is 0.243. The molecule has 0 aromatic carbocycles. The van der Waals surface area contributed by atoms with E-state index in [2.05, 4.69) is 15.3 Å². The minimum absolute atomic E-state index is 0.280. The lowest BCUT2D eigenvalue weighted by Crippen LogP contribution is -2.29. The Hall–Kier alpha value is -2.22. The van der Waals surface area contributed by atoms with Crippen LogP contribution in [-0.2, 0) is 9.53 Å². The number of H-pyrrole nitrogens is 1. The van der Waals surface area contributed by atoms with Crippen LogP contribution in [0.5, 0.6) is 0 Å². The molecular weight excluding hydrogens is 318 g/mol. The number of carbonyl (C=O) groups is 2. The molecule has 0 aliphatic carbocycles. The van der Waals surface area contributed by atoms with Gasteiger partial charge >= 0.3 is 5.97 Å². The number of hydrogen-bond acceptors (Lipinski definition) is 6. The molecule has 0 bridgehead atoms. The summed E-state index contributed by atoms with van der Waals surface area (Å²) in [6.07, 6.45) is 1.85. The van der Waals surface area contributed by atoms with Crippen LogP contribution in [0, 0.1) is 13.8 Å². The Labute approximate surface area is 137 Å². The Morgan fingerprint density at radius 2 is 2.09 bits per heavy atom. The maximum Gasteiger partial charge on any atom is 0.349 e. The number of unbranched alkanes of at least 4 members (excludes halogenated alkanes) is 1. The Balaban J connectivity index is 2.10. The number of aromatic amines is 1. The molecule has 2 N–H and O–H groups in total. The Bertz CT molecular complexity index is 794. The molecule has 2 heterocycles. The summed E-state index contributed by atoms with van der Waals surface area (Å²) < 4.78 is 5.02. The monoisotopic (exact) mass is 337 g/mol. The van der Waals surface area contributed by atoms with Crippen molar-refractivity contribution in [2.24, 2.45) is 0 Å². The van der Waals surface area contributed by atoms with Gasteiger partial charge in [0, 0.05) is 6.54 Å². The average Bonchev–Trinajstić information content (AvgIpc) is 2.82. The highest BCUT2D eigenvalue weighted by molar-refractivity contribution is 7.20. The molecule has 2 rings (SSSR count). The van der Waals surface area contributed by atoms with Crippen LogP contribution in [0.15, 0.2) is 4.79 Å². The van der Waals surface area contributed by atoms with Gasteiger partial charge in [0.25, 0.3) is 11.5 Å². The van der Waals surface area contributed by atoms with Gasteiger partial charge in [-0.15, -0.1) is 11.3 Å². The molecule has 1 amide bonds. The third-order valence-corrected chi connectivity index (χ3v) is 4.46. The van der Waals surface area contributed by atoms with Gasteiger partial charge in [0.05, 0.1) is 5.39 Å². The van der Waals surface area contributed by atoms with E-state index in [0.717, 1.165) is 24.2 Å². The normalized spacial score (nSPS) is 10.7. The van der Waals surface area contributed by atoms with Crippen LogP contribution in [0.4, 0.5) is 0 Å². The van der Waals surface area contributed by atoms with Crippen LogP contribution in [0.3, 0.4) is 0 Å². The molecule has 0 saturated carbocycles. The number of hydrogen-bond donors (Lipinski definition) is 2. The molecule has 0 spiro atoms. The highest BCUT2D eigenvalue weighted by Gasteiger charge is 2.20. The first-order valence-electron chi connectivity index (χ1n) is 7.37. The smallest absolute Gasteiger partial charge is 0.349 e. The first kappa shape index (κ1) is 17.1. The van der Waals surface area contributed by atoms with Gasteiger partial charge in [-0.25, -0.2) is 9.78 Å². The highest BCUT2D eigenvalue weighted by Crippen LogP contribution is 2.27. The lowest BCUT2D eigenvalue weighted by atomic mass is 10.2. The summed E-state index contributed by atoms with van der Waals surface area (Å²) in [6, 6.07) is 0. The van der Waals surface area contributed by atoms with Gasteiger partial charge in [-0.1, -0.05) is 13.3 Å². The standard InChI is InChI=1S/C15H19N3O4S/c1-4-5-6-16-10(19)7-22-15(21)12-8(2)11-13(20)17-9(3)18-14(11)23-12/h4-7H2,1-3H3,(H,16,19)(H,17,18,20). The van der Waals surface area contributed by atoms with Crippen molar-refractivity contribution in [3.05, 3.63) is 26.6 Å². The number of esters is 1. The van der Waals surface area contributed by atoms with Crippen LogP contribution in [0.1, 0.15) is 40.8 Å². The average molecular weight is 337 g/mol. The molecule has 7 nitrogen and oxygen atoms in total. The van der Waals surface area contributed by atoms with Crippen LogP contribution >= 0.6 is 11.3 Å². The van der Waals surface area contributed by atoms with Crippen molar-refractivity contribution in [1.82, 2.24) is 15.3 Å². The van der Waals surface area contributed by atoms with Gasteiger partial charge in [0.2, 0.25) is 0 Å². The number of thiophene rings is 1. The van der Waals surface area contributed by atoms with E-state index in [-0.39, 0.29) is 18.1 Å². The van der Waals surface area contributed by atoms with Crippen molar-refractivity contribution in [3.63, 3.8) is 0 Å². The largest absolute Gasteiger partial charge is 0.451 e. The number of aryl methyl sites for hydroxylation is 2. The van der Waals surface area contributed by atoms with Crippen molar-refractivity contribution in [1.29, 1.82) is 0 Å². The summed E-state index contributed by atoms with van der Waals surface area (Å²) >= 11 is 1.10. The Morgan fingerprint density at radius 1 is 1.35 bits per heavy atom. The van der Waals surface area contributed by atoms with E-state index in [4.69, 9.17) is 4.74 Å². The van der Waals surface area contributed by atoms with Gasteiger partial charge in [-0.2, -0.15) is 0 Å². The van der Waals surface area contributed by atoms with E-state index in [9.17, 15) is 14.4 Å². The lowest BCUT2D eigenvalue weighted by Gasteiger charge is -2.05. The molecule has 2 aromatic rings. The predicted octanol–water partition coefficient (Wildman–Crippen LogP) is 1.67. The molecule has 124 valence electrons. The molecule has 0 unspecified atom stereocenters. The molecule has 0 saturated heterocycles. The number of fused-ring (bicyclic) bond motifs is 1. The fourth-order valence-corrected chi connectivity index (χ4v) is 3.22. The highest BCUT2D eigenvalue weighted by atomic mass is 32.1. The maximum atomic E-state index is 12.1. The molecule has 0 atom stereocenters. The second-order valence-electron chi connectivity index (χ2n) is 5.17. The van der Waals surface area contributed by atoms with Gasteiger partial charge in [-0.3, -0.25) is 9.59 Å². The van der Waals surface area contributed by atoms with Crippen molar-refractivity contribution in [3.8, 4) is 0 Å². The zero-order valence-corrected chi connectivity index (χ0v) is 14.1. The van der Waals surface area contributed by atoms with Crippen molar-refractivity contribution >= 4 is 33.4 Å². The van der Waals surface area contributed by atoms with E-state index >= 15 is 0 Å². The molecule has 0 radical (unpaired) electrons. The first-order chi connectivity index (χ1) is 10.9. The number of amides is 1. The van der Waals surface area contributed by atoms with Crippen molar-refractivity contribution in [2.75, 3.05) is 13.2 Å².